The maximum absolute atomic E-state index is 11.3. The Kier molecular flexibility index (Phi) is 5.06. The largest absolute Gasteiger partial charge is 0.480 e. The van der Waals surface area contributed by atoms with Crippen molar-refractivity contribution in [2.24, 2.45) is 7.05 Å². The fourth-order valence-electron chi connectivity index (χ4n) is 2.31. The standard InChI is InChI=1S/C12H20N4O4/c1-5-7-8-10(16(19)20)11(15(4)13-8)14(3)9(6-2)12(17)18/h9H,5-7H2,1-4H3,(H,17,18). The van der Waals surface area contributed by atoms with Gasteiger partial charge in [0, 0.05) is 14.1 Å². The molecule has 0 aliphatic heterocycles. The van der Waals surface area contributed by atoms with Crippen molar-refractivity contribution in [3.63, 3.8) is 0 Å². The minimum Gasteiger partial charge on any atom is -0.480 e. The molecule has 112 valence electrons. The van der Waals surface area contributed by atoms with Gasteiger partial charge in [0.05, 0.1) is 4.92 Å². The molecule has 1 heterocycles. The normalized spacial score (nSPS) is 12.2. The zero-order valence-corrected chi connectivity index (χ0v) is 12.2. The van der Waals surface area contributed by atoms with E-state index in [1.807, 2.05) is 6.92 Å². The molecular weight excluding hydrogens is 264 g/mol. The summed E-state index contributed by atoms with van der Waals surface area (Å²) in [5.74, 6) is -0.782. The van der Waals surface area contributed by atoms with Gasteiger partial charge in [0.25, 0.3) is 0 Å². The predicted octanol–water partition coefficient (Wildman–Crippen LogP) is 1.58. The average molecular weight is 284 g/mol. The van der Waals surface area contributed by atoms with Crippen LogP contribution in [-0.4, -0.2) is 38.9 Å². The number of hydrogen-bond donors (Lipinski definition) is 1. The van der Waals surface area contributed by atoms with Crippen LogP contribution < -0.4 is 4.90 Å². The number of carbonyl (C=O) groups is 1. The fraction of sp³-hybridized carbons (Fsp3) is 0.667. The van der Waals surface area contributed by atoms with E-state index < -0.39 is 16.9 Å². The number of anilines is 1. The molecule has 1 aromatic heterocycles. The number of rotatable bonds is 7. The molecule has 1 N–H and O–H groups in total. The van der Waals surface area contributed by atoms with Crippen molar-refractivity contribution in [3.05, 3.63) is 15.8 Å². The predicted molar refractivity (Wildman–Crippen MR) is 74.0 cm³/mol. The van der Waals surface area contributed by atoms with E-state index >= 15 is 0 Å². The van der Waals surface area contributed by atoms with Gasteiger partial charge in [0.2, 0.25) is 5.82 Å². The average Bonchev–Trinajstić information content (AvgIpc) is 2.66. The summed E-state index contributed by atoms with van der Waals surface area (Å²) in [6.07, 6.45) is 1.57. The molecule has 8 nitrogen and oxygen atoms in total. The summed E-state index contributed by atoms with van der Waals surface area (Å²) >= 11 is 0. The van der Waals surface area contributed by atoms with Crippen LogP contribution in [0.3, 0.4) is 0 Å². The number of carboxylic acids is 1. The molecule has 0 aliphatic rings. The van der Waals surface area contributed by atoms with Crippen molar-refractivity contribution in [1.29, 1.82) is 0 Å². The van der Waals surface area contributed by atoms with Crippen LogP contribution in [0.5, 0.6) is 0 Å². The van der Waals surface area contributed by atoms with Gasteiger partial charge in [-0.15, -0.1) is 0 Å². The zero-order chi connectivity index (χ0) is 15.4. The topological polar surface area (TPSA) is 102 Å². The Labute approximate surface area is 117 Å². The number of nitro groups is 1. The molecule has 0 bridgehead atoms. The number of aryl methyl sites for hydroxylation is 2. The number of likely N-dealkylation sites (N-methyl/N-ethyl adjacent to an activating group) is 1. The summed E-state index contributed by atoms with van der Waals surface area (Å²) in [5.41, 5.74) is 0.290. The van der Waals surface area contributed by atoms with E-state index in [1.165, 1.54) is 9.58 Å². The Morgan fingerprint density at radius 3 is 2.55 bits per heavy atom. The molecule has 1 rings (SSSR count). The zero-order valence-electron chi connectivity index (χ0n) is 12.2. The molecule has 1 unspecified atom stereocenters. The van der Waals surface area contributed by atoms with Crippen LogP contribution in [0.2, 0.25) is 0 Å². The first kappa shape index (κ1) is 15.9. The van der Waals surface area contributed by atoms with Crippen molar-refractivity contribution in [1.82, 2.24) is 9.78 Å². The molecule has 20 heavy (non-hydrogen) atoms. The molecule has 8 heteroatoms. The van der Waals surface area contributed by atoms with Crippen LogP contribution in [0.4, 0.5) is 11.5 Å². The molecule has 0 spiro atoms. The molecule has 0 aliphatic carbocycles. The summed E-state index contributed by atoms with van der Waals surface area (Å²) in [4.78, 5) is 23.4. The molecule has 0 saturated heterocycles. The van der Waals surface area contributed by atoms with E-state index in [0.717, 1.165) is 6.42 Å². The highest BCUT2D eigenvalue weighted by Gasteiger charge is 2.33. The van der Waals surface area contributed by atoms with Crippen LogP contribution in [0, 0.1) is 10.1 Å². The van der Waals surface area contributed by atoms with Gasteiger partial charge in [-0.3, -0.25) is 10.1 Å². The van der Waals surface area contributed by atoms with Gasteiger partial charge in [-0.2, -0.15) is 5.10 Å². The summed E-state index contributed by atoms with van der Waals surface area (Å²) in [5, 5.41) is 24.6. The SMILES string of the molecule is CCCc1nn(C)c(N(C)C(CC)C(=O)O)c1[N+](=O)[O-]. The lowest BCUT2D eigenvalue weighted by atomic mass is 10.2. The molecule has 0 aromatic carbocycles. The quantitative estimate of drug-likeness (QED) is 0.602. The third-order valence-electron chi connectivity index (χ3n) is 3.21. The molecule has 0 fully saturated rings. The van der Waals surface area contributed by atoms with Gasteiger partial charge < -0.3 is 10.0 Å². The Morgan fingerprint density at radius 1 is 1.55 bits per heavy atom. The van der Waals surface area contributed by atoms with Gasteiger partial charge in [-0.25, -0.2) is 9.48 Å². The first-order chi connectivity index (χ1) is 9.34. The smallest absolute Gasteiger partial charge is 0.334 e. The second kappa shape index (κ2) is 6.36. The second-order valence-electron chi connectivity index (χ2n) is 4.62. The van der Waals surface area contributed by atoms with E-state index in [1.54, 1.807) is 21.0 Å². The van der Waals surface area contributed by atoms with Crippen molar-refractivity contribution >= 4 is 17.5 Å². The summed E-state index contributed by atoms with van der Waals surface area (Å²) < 4.78 is 1.38. The number of nitrogens with zero attached hydrogens (tertiary/aromatic N) is 4. The minimum atomic E-state index is -1.01. The first-order valence-electron chi connectivity index (χ1n) is 6.50. The van der Waals surface area contributed by atoms with E-state index in [9.17, 15) is 20.0 Å². The van der Waals surface area contributed by atoms with Gasteiger partial charge in [0.15, 0.2) is 0 Å². The third kappa shape index (κ3) is 2.89. The van der Waals surface area contributed by atoms with Crippen molar-refractivity contribution in [2.75, 3.05) is 11.9 Å². The van der Waals surface area contributed by atoms with Crippen molar-refractivity contribution < 1.29 is 14.8 Å². The highest BCUT2D eigenvalue weighted by atomic mass is 16.6. The lowest BCUT2D eigenvalue weighted by molar-refractivity contribution is -0.384. The van der Waals surface area contributed by atoms with Crippen LogP contribution in [0.25, 0.3) is 0 Å². The van der Waals surface area contributed by atoms with Crippen LogP contribution >= 0.6 is 0 Å². The Morgan fingerprint density at radius 2 is 2.15 bits per heavy atom. The number of aromatic nitrogens is 2. The van der Waals surface area contributed by atoms with Gasteiger partial charge in [0.1, 0.15) is 11.7 Å². The fourth-order valence-corrected chi connectivity index (χ4v) is 2.31. The second-order valence-corrected chi connectivity index (χ2v) is 4.62. The molecule has 1 aromatic rings. The molecule has 0 amide bonds. The number of hydrogen-bond acceptors (Lipinski definition) is 5. The Bertz CT molecular complexity index is 512. The molecule has 0 saturated carbocycles. The summed E-state index contributed by atoms with van der Waals surface area (Å²) in [7, 11) is 3.13. The third-order valence-corrected chi connectivity index (χ3v) is 3.21. The van der Waals surface area contributed by atoms with Gasteiger partial charge >= 0.3 is 11.7 Å². The first-order valence-corrected chi connectivity index (χ1v) is 6.50. The van der Waals surface area contributed by atoms with E-state index in [0.29, 0.717) is 18.5 Å². The highest BCUT2D eigenvalue weighted by Crippen LogP contribution is 2.32. The lowest BCUT2D eigenvalue weighted by Gasteiger charge is -2.24. The molecule has 1 atom stereocenters. The lowest BCUT2D eigenvalue weighted by Crippen LogP contribution is -2.39. The van der Waals surface area contributed by atoms with Crippen molar-refractivity contribution in [3.8, 4) is 0 Å². The minimum absolute atomic E-state index is 0.100. The van der Waals surface area contributed by atoms with E-state index in [2.05, 4.69) is 5.10 Å². The number of carboxylic acid groups (broad SMARTS) is 1. The maximum Gasteiger partial charge on any atom is 0.334 e. The molecule has 0 radical (unpaired) electrons. The monoisotopic (exact) mass is 284 g/mol. The number of aliphatic carboxylic acids is 1. The highest BCUT2D eigenvalue weighted by molar-refractivity contribution is 5.79. The Hall–Kier alpha value is -2.12. The summed E-state index contributed by atoms with van der Waals surface area (Å²) in [6, 6.07) is -0.821. The van der Waals surface area contributed by atoms with Crippen molar-refractivity contribution in [2.45, 2.75) is 39.2 Å². The van der Waals surface area contributed by atoms with Crippen LogP contribution in [-0.2, 0) is 18.3 Å². The van der Waals surface area contributed by atoms with Crippen LogP contribution in [0.1, 0.15) is 32.4 Å². The van der Waals surface area contributed by atoms with Gasteiger partial charge in [-0.1, -0.05) is 20.3 Å². The van der Waals surface area contributed by atoms with Crippen LogP contribution in [0.15, 0.2) is 0 Å². The maximum atomic E-state index is 11.3. The van der Waals surface area contributed by atoms with E-state index in [-0.39, 0.29) is 11.5 Å². The molecular formula is C12H20N4O4. The Balaban J connectivity index is 3.35. The summed E-state index contributed by atoms with van der Waals surface area (Å²) in [6.45, 7) is 3.64. The van der Waals surface area contributed by atoms with E-state index in [4.69, 9.17) is 0 Å². The van der Waals surface area contributed by atoms with Gasteiger partial charge in [-0.05, 0) is 12.8 Å².